The van der Waals surface area contributed by atoms with Crippen molar-refractivity contribution >= 4 is 34.2 Å². The van der Waals surface area contributed by atoms with Crippen molar-refractivity contribution in [2.45, 2.75) is 19.4 Å². The highest BCUT2D eigenvalue weighted by molar-refractivity contribution is 7.05. The van der Waals surface area contributed by atoms with Crippen molar-refractivity contribution in [3.8, 4) is 0 Å². The Hall–Kier alpha value is -3.14. The lowest BCUT2D eigenvalue weighted by Gasteiger charge is -2.25. The van der Waals surface area contributed by atoms with Crippen LogP contribution in [-0.4, -0.2) is 50.9 Å². The highest BCUT2D eigenvalue weighted by Gasteiger charge is 2.18. The number of benzene rings is 1. The normalized spacial score (nSPS) is 12.0. The fourth-order valence-electron chi connectivity index (χ4n) is 2.62. The van der Waals surface area contributed by atoms with Crippen molar-refractivity contribution in [1.82, 2.24) is 24.8 Å². The molecule has 0 aliphatic rings. The molecule has 0 saturated carbocycles. The van der Waals surface area contributed by atoms with Gasteiger partial charge in [0, 0.05) is 36.7 Å². The molecule has 0 aliphatic carbocycles. The molecule has 1 aromatic carbocycles. The molecule has 3 rings (SSSR count). The van der Waals surface area contributed by atoms with Gasteiger partial charge in [0.25, 0.3) is 5.91 Å². The Kier molecular flexibility index (Phi) is 5.78. The average molecular weight is 403 g/mol. The minimum atomic E-state index is -0.682. The Morgan fingerprint density at radius 2 is 2.14 bits per heavy atom. The molecule has 3 aromatic rings. The van der Waals surface area contributed by atoms with Crippen molar-refractivity contribution in [1.29, 1.82) is 0 Å². The van der Waals surface area contributed by atoms with Gasteiger partial charge in [0.1, 0.15) is 5.82 Å². The quantitative estimate of drug-likeness (QED) is 0.646. The van der Waals surface area contributed by atoms with Gasteiger partial charge in [-0.2, -0.15) is 0 Å². The number of hydrogen-bond donors (Lipinski definition) is 2. The number of aromatic amines is 1. The van der Waals surface area contributed by atoms with Crippen LogP contribution >= 0.6 is 11.5 Å². The molecule has 2 heterocycles. The Morgan fingerprint density at radius 3 is 2.86 bits per heavy atom. The van der Waals surface area contributed by atoms with Crippen LogP contribution in [0.2, 0.25) is 0 Å². The molecular weight excluding hydrogens is 385 g/mol. The van der Waals surface area contributed by atoms with Crippen molar-refractivity contribution in [3.63, 3.8) is 0 Å². The monoisotopic (exact) mass is 403 g/mol. The predicted octanol–water partition coefficient (Wildman–Crippen LogP) is 1.34. The number of rotatable bonds is 6. The number of likely N-dealkylation sites (N-methyl/N-ethyl adjacent to an activating group) is 1. The lowest BCUT2D eigenvalue weighted by Crippen LogP contribution is -2.43. The molecule has 28 heavy (non-hydrogen) atoms. The van der Waals surface area contributed by atoms with Gasteiger partial charge in [-0.15, -0.1) is 5.10 Å². The molecule has 1 unspecified atom stereocenters. The van der Waals surface area contributed by atoms with E-state index in [1.807, 2.05) is 0 Å². The van der Waals surface area contributed by atoms with Gasteiger partial charge >= 0.3 is 0 Å². The Bertz CT molecular complexity index is 1070. The molecule has 0 fully saturated rings. The largest absolute Gasteiger partial charge is 0.350 e. The van der Waals surface area contributed by atoms with Gasteiger partial charge in [0.2, 0.25) is 11.5 Å². The molecule has 0 aliphatic heterocycles. The van der Waals surface area contributed by atoms with Gasteiger partial charge < -0.3 is 15.2 Å². The molecule has 0 radical (unpaired) electrons. The number of nitrogens with zero attached hydrogens (tertiary/aromatic N) is 3. The Balaban J connectivity index is 1.63. The van der Waals surface area contributed by atoms with E-state index >= 15 is 0 Å². The van der Waals surface area contributed by atoms with Gasteiger partial charge in [-0.25, -0.2) is 4.39 Å². The molecule has 0 spiro atoms. The van der Waals surface area contributed by atoms with Gasteiger partial charge in [-0.05, 0) is 36.7 Å². The number of H-pyrrole nitrogens is 1. The summed E-state index contributed by atoms with van der Waals surface area (Å²) in [7, 11) is 1.65. The Labute approximate surface area is 163 Å². The highest BCUT2D eigenvalue weighted by Crippen LogP contribution is 2.17. The number of pyridine rings is 1. The summed E-state index contributed by atoms with van der Waals surface area (Å²) in [5.41, 5.74) is -0.228. The zero-order chi connectivity index (χ0) is 20.3. The first-order valence-electron chi connectivity index (χ1n) is 8.48. The molecule has 1 atom stereocenters. The van der Waals surface area contributed by atoms with E-state index in [0.717, 1.165) is 22.5 Å². The number of aromatic nitrogens is 3. The number of fused-ring (bicyclic) bond motifs is 1. The summed E-state index contributed by atoms with van der Waals surface area (Å²) < 4.78 is 17.9. The zero-order valence-corrected chi connectivity index (χ0v) is 16.0. The third-order valence-electron chi connectivity index (χ3n) is 4.39. The van der Waals surface area contributed by atoms with Crippen molar-refractivity contribution in [2.24, 2.45) is 0 Å². The first-order valence-corrected chi connectivity index (χ1v) is 9.25. The Morgan fingerprint density at radius 1 is 1.36 bits per heavy atom. The van der Waals surface area contributed by atoms with Crippen LogP contribution in [0.25, 0.3) is 10.9 Å². The zero-order valence-electron chi connectivity index (χ0n) is 15.2. The van der Waals surface area contributed by atoms with Crippen molar-refractivity contribution in [2.75, 3.05) is 13.6 Å². The number of carbonyl (C=O) groups is 2. The van der Waals surface area contributed by atoms with Gasteiger partial charge in [0.15, 0.2) is 0 Å². The minimum Gasteiger partial charge on any atom is -0.350 e. The summed E-state index contributed by atoms with van der Waals surface area (Å²) in [6.45, 7) is 2.00. The van der Waals surface area contributed by atoms with Crippen molar-refractivity contribution < 1.29 is 14.0 Å². The summed E-state index contributed by atoms with van der Waals surface area (Å²) >= 11 is 1.16. The van der Waals surface area contributed by atoms with Crippen molar-refractivity contribution in [3.05, 3.63) is 57.1 Å². The molecule has 2 N–H and O–H groups in total. The van der Waals surface area contributed by atoms with E-state index in [1.165, 1.54) is 23.1 Å². The van der Waals surface area contributed by atoms with Gasteiger partial charge in [-0.3, -0.25) is 14.4 Å². The minimum absolute atomic E-state index is 0.0558. The maximum Gasteiger partial charge on any atom is 0.251 e. The summed E-state index contributed by atoms with van der Waals surface area (Å²) in [5, 5.41) is 6.82. The summed E-state index contributed by atoms with van der Waals surface area (Å²) in [5.74, 6) is -1.27. The standard InChI is InChI=1S/C18H18FN5O3S/c1-10(24(2)16(26)7-13-9-21-23-28-13)8-20-18(27)12-5-11-3-4-15(25)22-17(11)14(19)6-12/h3-6,9-10H,7-8H2,1-2H3,(H,20,27)(H,22,25). The topological polar surface area (TPSA) is 108 Å². The summed E-state index contributed by atoms with van der Waals surface area (Å²) in [4.78, 5) is 40.7. The summed E-state index contributed by atoms with van der Waals surface area (Å²) in [6, 6.07) is 5.03. The molecule has 0 saturated heterocycles. The van der Waals surface area contributed by atoms with E-state index in [0.29, 0.717) is 5.39 Å². The molecule has 10 heteroatoms. The molecule has 146 valence electrons. The number of carbonyl (C=O) groups excluding carboxylic acids is 2. The SMILES string of the molecule is CC(CNC(=O)c1cc(F)c2[nH]c(=O)ccc2c1)N(C)C(=O)Cc1cnns1. The van der Waals surface area contributed by atoms with Crippen LogP contribution in [0.5, 0.6) is 0 Å². The molecular formula is C18H18FN5O3S. The van der Waals surface area contributed by atoms with Crippen LogP contribution in [0, 0.1) is 5.82 Å². The number of nitrogens with one attached hydrogen (secondary N) is 2. The first-order chi connectivity index (χ1) is 13.3. The van der Waals surface area contributed by atoms with E-state index in [1.54, 1.807) is 20.2 Å². The first kappa shape index (κ1) is 19.6. The lowest BCUT2D eigenvalue weighted by molar-refractivity contribution is -0.130. The number of amides is 2. The second-order valence-electron chi connectivity index (χ2n) is 6.37. The lowest BCUT2D eigenvalue weighted by atomic mass is 10.1. The molecule has 8 nitrogen and oxygen atoms in total. The van der Waals surface area contributed by atoms with Crippen LogP contribution in [0.3, 0.4) is 0 Å². The van der Waals surface area contributed by atoms with E-state index < -0.39 is 17.3 Å². The second kappa shape index (κ2) is 8.26. The molecule has 2 amide bonds. The van der Waals surface area contributed by atoms with E-state index in [4.69, 9.17) is 0 Å². The average Bonchev–Trinajstić information content (AvgIpc) is 3.18. The number of halogens is 1. The number of hydrogen-bond acceptors (Lipinski definition) is 6. The van der Waals surface area contributed by atoms with E-state index in [2.05, 4.69) is 19.9 Å². The maximum atomic E-state index is 14.2. The fraction of sp³-hybridized carbons (Fsp3) is 0.278. The van der Waals surface area contributed by atoms with Crippen LogP contribution in [0.1, 0.15) is 22.2 Å². The predicted molar refractivity (Wildman–Crippen MR) is 103 cm³/mol. The van der Waals surface area contributed by atoms with Crippen LogP contribution in [0.15, 0.2) is 35.3 Å². The van der Waals surface area contributed by atoms with Crippen LogP contribution < -0.4 is 10.9 Å². The third-order valence-corrected chi connectivity index (χ3v) is 5.05. The van der Waals surface area contributed by atoms with E-state index in [9.17, 15) is 18.8 Å². The smallest absolute Gasteiger partial charge is 0.251 e. The summed E-state index contributed by atoms with van der Waals surface area (Å²) in [6.07, 6.45) is 1.74. The molecule has 0 bridgehead atoms. The second-order valence-corrected chi connectivity index (χ2v) is 7.24. The van der Waals surface area contributed by atoms with Crippen LogP contribution in [-0.2, 0) is 11.2 Å². The van der Waals surface area contributed by atoms with Gasteiger partial charge in [-0.1, -0.05) is 4.49 Å². The third kappa shape index (κ3) is 4.39. The van der Waals surface area contributed by atoms with E-state index in [-0.39, 0.29) is 36.0 Å². The highest BCUT2D eigenvalue weighted by atomic mass is 32.1. The maximum absolute atomic E-state index is 14.2. The van der Waals surface area contributed by atoms with Crippen LogP contribution in [0.4, 0.5) is 4.39 Å². The fourth-order valence-corrected chi connectivity index (χ4v) is 3.10. The van der Waals surface area contributed by atoms with Gasteiger partial charge in [0.05, 0.1) is 23.0 Å². The molecule has 2 aromatic heterocycles.